The molecule has 0 aliphatic rings. The highest BCUT2D eigenvalue weighted by Gasteiger charge is 2.34. The van der Waals surface area contributed by atoms with E-state index in [4.69, 9.17) is 22.6 Å². The van der Waals surface area contributed by atoms with E-state index in [1.807, 2.05) is 6.92 Å². The van der Waals surface area contributed by atoms with E-state index in [9.17, 15) is 4.79 Å². The number of thiocarbonyl (C=S) groups is 1. The Hall–Kier alpha value is -0.250. The third-order valence-corrected chi connectivity index (χ3v) is 4.63. The molecule has 0 spiro atoms. The molecular formula is C10H15NO2S3. The van der Waals surface area contributed by atoms with Gasteiger partial charge in [0.1, 0.15) is 5.41 Å². The Kier molecular flexibility index (Phi) is 7.81. The average Bonchev–Trinajstić information content (AvgIpc) is 2.28. The van der Waals surface area contributed by atoms with Gasteiger partial charge in [-0.2, -0.15) is 17.9 Å². The average molecular weight is 277 g/mol. The first-order valence-electron chi connectivity index (χ1n) is 4.93. The Bertz CT molecular complexity index is 301. The Morgan fingerprint density at radius 1 is 1.69 bits per heavy atom. The normalized spacial score (nSPS) is 13.8. The highest BCUT2D eigenvalue weighted by molar-refractivity contribution is 8.23. The van der Waals surface area contributed by atoms with Gasteiger partial charge in [0.2, 0.25) is 0 Å². The van der Waals surface area contributed by atoms with Gasteiger partial charge >= 0.3 is 5.97 Å². The maximum Gasteiger partial charge on any atom is 0.303 e. The summed E-state index contributed by atoms with van der Waals surface area (Å²) in [6.07, 6.45) is 1.15. The van der Waals surface area contributed by atoms with Gasteiger partial charge in [0, 0.05) is 12.2 Å². The van der Waals surface area contributed by atoms with Gasteiger partial charge in [0.15, 0.2) is 0 Å². The van der Waals surface area contributed by atoms with Crippen LogP contribution in [0.2, 0.25) is 0 Å². The number of hydrogen-bond donors (Lipinski definition) is 2. The van der Waals surface area contributed by atoms with Crippen molar-refractivity contribution in [2.24, 2.45) is 5.41 Å². The molecule has 0 heterocycles. The lowest BCUT2D eigenvalue weighted by atomic mass is 9.89. The molecule has 0 aliphatic carbocycles. The molecule has 6 heteroatoms. The van der Waals surface area contributed by atoms with Crippen LogP contribution >= 0.6 is 36.6 Å². The van der Waals surface area contributed by atoms with Crippen molar-refractivity contribution >= 4 is 46.8 Å². The zero-order chi connectivity index (χ0) is 12.6. The van der Waals surface area contributed by atoms with E-state index in [-0.39, 0.29) is 18.6 Å². The number of rotatable bonds is 7. The molecular weight excluding hydrogens is 262 g/mol. The molecule has 90 valence electrons. The van der Waals surface area contributed by atoms with E-state index in [1.165, 1.54) is 11.8 Å². The minimum atomic E-state index is -0.912. The van der Waals surface area contributed by atoms with E-state index < -0.39 is 11.4 Å². The van der Waals surface area contributed by atoms with Crippen molar-refractivity contribution in [2.45, 2.75) is 26.2 Å². The molecule has 0 saturated carbocycles. The Labute approximate surface area is 111 Å². The summed E-state index contributed by atoms with van der Waals surface area (Å²) in [4.78, 5) is 10.5. The van der Waals surface area contributed by atoms with Crippen LogP contribution in [0.1, 0.15) is 26.2 Å². The molecule has 16 heavy (non-hydrogen) atoms. The Balaban J connectivity index is 4.61. The van der Waals surface area contributed by atoms with Crippen molar-refractivity contribution in [3.05, 3.63) is 0 Å². The predicted molar refractivity (Wildman–Crippen MR) is 74.1 cm³/mol. The molecule has 0 amide bonds. The first-order chi connectivity index (χ1) is 7.52. The molecule has 0 fully saturated rings. The molecule has 0 aromatic carbocycles. The minimum absolute atomic E-state index is 0.0546. The number of carboxylic acids is 1. The monoisotopic (exact) mass is 277 g/mol. The number of hydrogen-bond acceptors (Lipinski definition) is 5. The maximum absolute atomic E-state index is 10.5. The minimum Gasteiger partial charge on any atom is -0.481 e. The summed E-state index contributed by atoms with van der Waals surface area (Å²) in [6, 6.07) is 2.13. The molecule has 1 atom stereocenters. The molecule has 0 bridgehead atoms. The summed E-state index contributed by atoms with van der Waals surface area (Å²) < 4.78 is 0.563. The smallest absolute Gasteiger partial charge is 0.303 e. The summed E-state index contributed by atoms with van der Waals surface area (Å²) in [5.74, 6) is 0.208. The molecule has 0 aromatic rings. The summed E-state index contributed by atoms with van der Waals surface area (Å²) in [7, 11) is 0. The molecule has 3 nitrogen and oxygen atoms in total. The zero-order valence-electron chi connectivity index (χ0n) is 9.10. The van der Waals surface area contributed by atoms with Crippen LogP contribution < -0.4 is 0 Å². The van der Waals surface area contributed by atoms with Crippen LogP contribution in [0.4, 0.5) is 0 Å². The second kappa shape index (κ2) is 7.93. The van der Waals surface area contributed by atoms with Crippen molar-refractivity contribution in [2.75, 3.05) is 11.5 Å². The van der Waals surface area contributed by atoms with E-state index in [0.717, 1.165) is 12.2 Å². The highest BCUT2D eigenvalue weighted by Crippen LogP contribution is 2.32. The number of aliphatic carboxylic acids is 1. The van der Waals surface area contributed by atoms with Crippen molar-refractivity contribution < 1.29 is 9.90 Å². The number of carboxylic acid groups (broad SMARTS) is 1. The van der Waals surface area contributed by atoms with Gasteiger partial charge in [-0.15, -0.1) is 11.8 Å². The second-order valence-electron chi connectivity index (χ2n) is 3.38. The third-order valence-electron chi connectivity index (χ3n) is 2.08. The quantitative estimate of drug-likeness (QED) is 0.553. The molecule has 0 rings (SSSR count). The highest BCUT2D eigenvalue weighted by atomic mass is 32.2. The summed E-state index contributed by atoms with van der Waals surface area (Å²) in [6.45, 7) is 2.03. The van der Waals surface area contributed by atoms with E-state index in [0.29, 0.717) is 4.20 Å². The van der Waals surface area contributed by atoms with E-state index in [1.54, 1.807) is 0 Å². The van der Waals surface area contributed by atoms with Gasteiger partial charge in [0.25, 0.3) is 0 Å². The number of nitrogens with zero attached hydrogens (tertiary/aromatic N) is 1. The fraction of sp³-hybridized carbons (Fsp3) is 0.700. The van der Waals surface area contributed by atoms with Gasteiger partial charge in [0.05, 0.1) is 10.3 Å². The Morgan fingerprint density at radius 2 is 2.31 bits per heavy atom. The number of carbonyl (C=O) groups is 1. The van der Waals surface area contributed by atoms with Crippen molar-refractivity contribution in [3.8, 4) is 6.07 Å². The first kappa shape index (κ1) is 15.8. The number of thiol groups is 1. The molecule has 0 radical (unpaired) electrons. The predicted octanol–water partition coefficient (Wildman–Crippen LogP) is 2.76. The van der Waals surface area contributed by atoms with Gasteiger partial charge in [-0.25, -0.2) is 0 Å². The van der Waals surface area contributed by atoms with E-state index in [2.05, 4.69) is 18.7 Å². The molecule has 1 N–H and O–H groups in total. The molecule has 0 aliphatic heterocycles. The van der Waals surface area contributed by atoms with Crippen LogP contribution in [0, 0.1) is 16.7 Å². The summed E-state index contributed by atoms with van der Waals surface area (Å²) >= 11 is 10.8. The van der Waals surface area contributed by atoms with Crippen LogP contribution in [-0.2, 0) is 4.79 Å². The Morgan fingerprint density at radius 3 is 2.69 bits per heavy atom. The standard InChI is InChI=1S/C10H15NO2S3/c1-2-5-16-9(15)10(6-11,7-14)4-3-8(12)13/h14H,2-5,7H2,1H3,(H,12,13). The van der Waals surface area contributed by atoms with Gasteiger partial charge in [-0.1, -0.05) is 19.1 Å². The SMILES string of the molecule is CCCSC(=S)C(C#N)(CS)CCC(=O)O. The topological polar surface area (TPSA) is 61.1 Å². The lowest BCUT2D eigenvalue weighted by Gasteiger charge is -2.24. The van der Waals surface area contributed by atoms with Crippen LogP contribution in [0.25, 0.3) is 0 Å². The van der Waals surface area contributed by atoms with Crippen LogP contribution in [0.5, 0.6) is 0 Å². The molecule has 0 saturated heterocycles. The van der Waals surface area contributed by atoms with E-state index >= 15 is 0 Å². The summed E-state index contributed by atoms with van der Waals surface area (Å²) in [5, 5.41) is 17.8. The van der Waals surface area contributed by atoms with Gasteiger partial charge in [-0.3, -0.25) is 4.79 Å². The van der Waals surface area contributed by atoms with Crippen LogP contribution in [0.3, 0.4) is 0 Å². The second-order valence-corrected chi connectivity index (χ2v) is 5.47. The largest absolute Gasteiger partial charge is 0.481 e. The lowest BCUT2D eigenvalue weighted by molar-refractivity contribution is -0.137. The van der Waals surface area contributed by atoms with Crippen LogP contribution in [-0.4, -0.2) is 26.8 Å². The van der Waals surface area contributed by atoms with Crippen LogP contribution in [0.15, 0.2) is 0 Å². The van der Waals surface area contributed by atoms with Crippen molar-refractivity contribution in [3.63, 3.8) is 0 Å². The zero-order valence-corrected chi connectivity index (χ0v) is 11.6. The van der Waals surface area contributed by atoms with Gasteiger partial charge < -0.3 is 5.11 Å². The lowest BCUT2D eigenvalue weighted by Crippen LogP contribution is -2.29. The fourth-order valence-electron chi connectivity index (χ4n) is 1.04. The van der Waals surface area contributed by atoms with Gasteiger partial charge in [-0.05, 0) is 18.6 Å². The number of thioether (sulfide) groups is 1. The van der Waals surface area contributed by atoms with Crippen molar-refractivity contribution in [1.82, 2.24) is 0 Å². The maximum atomic E-state index is 10.5. The number of nitriles is 1. The first-order valence-corrected chi connectivity index (χ1v) is 6.96. The van der Waals surface area contributed by atoms with Crippen molar-refractivity contribution in [1.29, 1.82) is 5.26 Å². The molecule has 0 aromatic heterocycles. The fourth-order valence-corrected chi connectivity index (χ4v) is 2.99. The summed E-state index contributed by atoms with van der Waals surface area (Å²) in [5.41, 5.74) is -0.892. The third kappa shape index (κ3) is 4.73. The molecule has 1 unspecified atom stereocenters.